The van der Waals surface area contributed by atoms with Crippen LogP contribution in [0.4, 0.5) is 11.6 Å². The number of carbonyl (C=O) groups excluding carboxylic acids is 1. The molecule has 3 aromatic rings. The minimum atomic E-state index is 0.0437. The van der Waals surface area contributed by atoms with Crippen molar-refractivity contribution >= 4 is 23.6 Å². The number of carbonyl (C=O) groups is 1. The highest BCUT2D eigenvalue weighted by molar-refractivity contribution is 6.00. The Hall–Kier alpha value is -3.74. The quantitative estimate of drug-likeness (QED) is 0.547. The first kappa shape index (κ1) is 22.1. The van der Waals surface area contributed by atoms with E-state index in [2.05, 4.69) is 27.2 Å². The molecule has 7 heteroatoms. The van der Waals surface area contributed by atoms with Gasteiger partial charge in [-0.1, -0.05) is 19.4 Å². The fourth-order valence-electron chi connectivity index (χ4n) is 4.36. The number of ether oxygens (including phenoxy) is 1. The summed E-state index contributed by atoms with van der Waals surface area (Å²) in [4.78, 5) is 27.4. The second kappa shape index (κ2) is 8.89. The smallest absolute Gasteiger partial charge is 0.249 e. The molecule has 2 heterocycles. The van der Waals surface area contributed by atoms with Crippen LogP contribution in [0.3, 0.4) is 0 Å². The van der Waals surface area contributed by atoms with Crippen molar-refractivity contribution in [2.45, 2.75) is 32.6 Å². The van der Waals surface area contributed by atoms with Crippen LogP contribution in [0, 0.1) is 5.41 Å². The number of benzene rings is 1. The van der Waals surface area contributed by atoms with Gasteiger partial charge in [-0.15, -0.1) is 0 Å². The number of hydrogen-bond donors (Lipinski definition) is 1. The van der Waals surface area contributed by atoms with Gasteiger partial charge < -0.3 is 15.0 Å². The lowest BCUT2D eigenvalue weighted by Gasteiger charge is -2.37. The lowest BCUT2D eigenvalue weighted by molar-refractivity contribution is -0.124. The van der Waals surface area contributed by atoms with E-state index in [1.807, 2.05) is 42.5 Å². The molecule has 2 aliphatic carbocycles. The van der Waals surface area contributed by atoms with Gasteiger partial charge in [-0.3, -0.25) is 9.78 Å². The molecule has 0 spiro atoms. The van der Waals surface area contributed by atoms with Gasteiger partial charge in [0.1, 0.15) is 5.75 Å². The van der Waals surface area contributed by atoms with Gasteiger partial charge in [0.05, 0.1) is 18.0 Å². The van der Waals surface area contributed by atoms with Crippen molar-refractivity contribution in [3.8, 4) is 17.1 Å². The maximum absolute atomic E-state index is 12.3. The topological polar surface area (TPSA) is 80.2 Å². The molecule has 5 rings (SSSR count). The summed E-state index contributed by atoms with van der Waals surface area (Å²) in [5.74, 6) is 1.34. The standard InChI is InChI=1S/C27H29N5O2/c1-27(9-4-10-27)17-34-22-7-11-28-24(16-22)23-8-12-29-26(31-23)30-21-6-5-18-13-20(14-19(18)15-21)25(33)32(2)3/h5-8,11-13,15-16H,4,9-10,14,17H2,1-3H3,(H,29,30,31). The van der Waals surface area contributed by atoms with E-state index in [0.717, 1.165) is 46.1 Å². The van der Waals surface area contributed by atoms with E-state index in [9.17, 15) is 4.79 Å². The third kappa shape index (κ3) is 4.64. The van der Waals surface area contributed by atoms with Crippen LogP contribution in [0.1, 0.15) is 37.3 Å². The molecule has 34 heavy (non-hydrogen) atoms. The number of aromatic nitrogens is 3. The first-order valence-corrected chi connectivity index (χ1v) is 11.6. The van der Waals surface area contributed by atoms with Crippen molar-refractivity contribution in [1.29, 1.82) is 0 Å². The zero-order valence-corrected chi connectivity index (χ0v) is 19.8. The molecule has 1 aromatic carbocycles. The summed E-state index contributed by atoms with van der Waals surface area (Å²) in [6.07, 6.45) is 9.79. The molecule has 0 bridgehead atoms. The summed E-state index contributed by atoms with van der Waals surface area (Å²) in [5, 5.41) is 3.29. The molecule has 2 aromatic heterocycles. The molecule has 0 aliphatic heterocycles. The molecule has 174 valence electrons. The van der Waals surface area contributed by atoms with Gasteiger partial charge in [0, 0.05) is 55.7 Å². The molecule has 1 saturated carbocycles. The zero-order chi connectivity index (χ0) is 23.7. The molecule has 1 amide bonds. The summed E-state index contributed by atoms with van der Waals surface area (Å²) >= 11 is 0. The van der Waals surface area contributed by atoms with Crippen LogP contribution in [0.15, 0.2) is 54.4 Å². The molecule has 0 radical (unpaired) electrons. The predicted octanol–water partition coefficient (Wildman–Crippen LogP) is 4.88. The average molecular weight is 456 g/mol. The molecule has 0 saturated heterocycles. The molecular formula is C27H29N5O2. The van der Waals surface area contributed by atoms with Crippen molar-refractivity contribution < 1.29 is 9.53 Å². The van der Waals surface area contributed by atoms with E-state index < -0.39 is 0 Å². The SMILES string of the molecule is CN(C)C(=O)C1=Cc2ccc(Nc3nccc(-c4cc(OCC5(C)CCC5)ccn4)n3)cc2C1. The molecule has 2 aliphatic rings. The number of pyridine rings is 1. The third-order valence-electron chi connectivity index (χ3n) is 6.59. The minimum absolute atomic E-state index is 0.0437. The Morgan fingerprint density at radius 3 is 2.68 bits per heavy atom. The van der Waals surface area contributed by atoms with E-state index in [1.54, 1.807) is 31.4 Å². The Balaban J connectivity index is 1.28. The van der Waals surface area contributed by atoms with E-state index in [1.165, 1.54) is 19.3 Å². The van der Waals surface area contributed by atoms with Crippen molar-refractivity contribution in [2.24, 2.45) is 5.41 Å². The van der Waals surface area contributed by atoms with Crippen molar-refractivity contribution in [1.82, 2.24) is 19.9 Å². The first-order chi connectivity index (χ1) is 16.4. The van der Waals surface area contributed by atoms with Crippen LogP contribution < -0.4 is 10.1 Å². The second-order valence-electron chi connectivity index (χ2n) is 9.68. The van der Waals surface area contributed by atoms with E-state index in [0.29, 0.717) is 17.8 Å². The van der Waals surface area contributed by atoms with Gasteiger partial charge in [-0.25, -0.2) is 9.97 Å². The lowest BCUT2D eigenvalue weighted by Crippen LogP contribution is -2.32. The van der Waals surface area contributed by atoms with E-state index in [-0.39, 0.29) is 5.91 Å². The third-order valence-corrected chi connectivity index (χ3v) is 6.59. The number of hydrogen-bond acceptors (Lipinski definition) is 6. The number of amides is 1. The van der Waals surface area contributed by atoms with Crippen LogP contribution in [0.5, 0.6) is 5.75 Å². The lowest BCUT2D eigenvalue weighted by atomic mass is 9.71. The molecule has 0 unspecified atom stereocenters. The summed E-state index contributed by atoms with van der Waals surface area (Å²) < 4.78 is 6.05. The van der Waals surface area contributed by atoms with Crippen LogP contribution in [0.2, 0.25) is 0 Å². The Kier molecular flexibility index (Phi) is 5.77. The molecular weight excluding hydrogens is 426 g/mol. The number of anilines is 2. The zero-order valence-electron chi connectivity index (χ0n) is 19.8. The van der Waals surface area contributed by atoms with Gasteiger partial charge in [0.2, 0.25) is 11.9 Å². The van der Waals surface area contributed by atoms with Crippen LogP contribution in [-0.2, 0) is 11.2 Å². The van der Waals surface area contributed by atoms with Crippen molar-refractivity contribution in [3.05, 3.63) is 65.5 Å². The highest BCUT2D eigenvalue weighted by Gasteiger charge is 2.32. The monoisotopic (exact) mass is 455 g/mol. The fraction of sp³-hybridized carbons (Fsp3) is 0.333. The minimum Gasteiger partial charge on any atom is -0.493 e. The maximum atomic E-state index is 12.3. The molecule has 7 nitrogen and oxygen atoms in total. The van der Waals surface area contributed by atoms with E-state index in [4.69, 9.17) is 4.74 Å². The maximum Gasteiger partial charge on any atom is 0.249 e. The summed E-state index contributed by atoms with van der Waals surface area (Å²) in [7, 11) is 3.55. The highest BCUT2D eigenvalue weighted by Crippen LogP contribution is 2.40. The average Bonchev–Trinajstić information content (AvgIpc) is 3.25. The Bertz CT molecular complexity index is 1260. The van der Waals surface area contributed by atoms with E-state index >= 15 is 0 Å². The Labute approximate surface area is 199 Å². The Morgan fingerprint density at radius 1 is 1.09 bits per heavy atom. The molecule has 1 N–H and O–H groups in total. The largest absolute Gasteiger partial charge is 0.493 e. The first-order valence-electron chi connectivity index (χ1n) is 11.6. The summed E-state index contributed by atoms with van der Waals surface area (Å²) in [5.41, 5.74) is 5.62. The van der Waals surface area contributed by atoms with Crippen LogP contribution >= 0.6 is 0 Å². The van der Waals surface area contributed by atoms with Crippen LogP contribution in [-0.4, -0.2) is 46.5 Å². The number of nitrogens with one attached hydrogen (secondary N) is 1. The van der Waals surface area contributed by atoms with Gasteiger partial charge >= 0.3 is 0 Å². The highest BCUT2D eigenvalue weighted by atomic mass is 16.5. The van der Waals surface area contributed by atoms with Gasteiger partial charge in [-0.2, -0.15) is 0 Å². The van der Waals surface area contributed by atoms with Crippen molar-refractivity contribution in [3.63, 3.8) is 0 Å². The van der Waals surface area contributed by atoms with Crippen LogP contribution in [0.25, 0.3) is 17.5 Å². The fourth-order valence-corrected chi connectivity index (χ4v) is 4.36. The number of rotatable bonds is 7. The van der Waals surface area contributed by atoms with Gasteiger partial charge in [-0.05, 0) is 54.3 Å². The Morgan fingerprint density at radius 2 is 1.91 bits per heavy atom. The molecule has 1 fully saturated rings. The van der Waals surface area contributed by atoms with Gasteiger partial charge in [0.15, 0.2) is 0 Å². The number of nitrogens with zero attached hydrogens (tertiary/aromatic N) is 4. The second-order valence-corrected chi connectivity index (χ2v) is 9.68. The normalized spacial score (nSPS) is 15.7. The molecule has 0 atom stereocenters. The van der Waals surface area contributed by atoms with Gasteiger partial charge in [0.25, 0.3) is 0 Å². The number of fused-ring (bicyclic) bond motifs is 1. The van der Waals surface area contributed by atoms with Crippen molar-refractivity contribution in [2.75, 3.05) is 26.0 Å². The number of likely N-dealkylation sites (N-methyl/N-ethyl adjacent to an activating group) is 1. The predicted molar refractivity (Wildman–Crippen MR) is 133 cm³/mol. The summed E-state index contributed by atoms with van der Waals surface area (Å²) in [6.45, 7) is 3.00. The summed E-state index contributed by atoms with van der Waals surface area (Å²) in [6, 6.07) is 11.7.